The Morgan fingerprint density at radius 2 is 1.87 bits per heavy atom. The highest BCUT2D eigenvalue weighted by atomic mass is 32.1. The molecule has 3 aromatic rings. The summed E-state index contributed by atoms with van der Waals surface area (Å²) >= 11 is 1.38. The summed E-state index contributed by atoms with van der Waals surface area (Å²) in [6.45, 7) is -0.209. The zero-order chi connectivity index (χ0) is 21.3. The van der Waals surface area contributed by atoms with Crippen molar-refractivity contribution < 1.29 is 20.1 Å². The van der Waals surface area contributed by atoms with Crippen LogP contribution in [0.5, 0.6) is 0 Å². The van der Waals surface area contributed by atoms with E-state index in [1.54, 1.807) is 6.20 Å². The van der Waals surface area contributed by atoms with Crippen molar-refractivity contribution in [1.29, 1.82) is 0 Å². The molecule has 4 unspecified atom stereocenters. The number of hydrogen-bond donors (Lipinski definition) is 3. The smallest absolute Gasteiger partial charge is 0.333 e. The van der Waals surface area contributed by atoms with Crippen LogP contribution < -0.4 is 11.2 Å². The quantitative estimate of drug-likeness (QED) is 0.508. The first-order valence-corrected chi connectivity index (χ1v) is 10.3. The minimum atomic E-state index is -1.36. The number of nitrogens with zero attached hydrogens (tertiary/aromatic N) is 3. The van der Waals surface area contributed by atoms with Crippen molar-refractivity contribution in [2.45, 2.75) is 37.5 Å². The van der Waals surface area contributed by atoms with Crippen LogP contribution in [0.1, 0.15) is 17.5 Å². The van der Waals surface area contributed by atoms with Gasteiger partial charge in [-0.05, 0) is 6.42 Å². The molecule has 1 aromatic carbocycles. The highest BCUT2D eigenvalue weighted by molar-refractivity contribution is 7.15. The Kier molecular flexibility index (Phi) is 5.93. The molecule has 0 spiro atoms. The van der Waals surface area contributed by atoms with Crippen LogP contribution >= 0.6 is 11.3 Å². The van der Waals surface area contributed by atoms with E-state index in [2.05, 4.69) is 4.98 Å². The maximum Gasteiger partial charge on any atom is 0.333 e. The van der Waals surface area contributed by atoms with E-state index in [1.165, 1.54) is 23.6 Å². The Hall–Kier alpha value is -2.63. The maximum atomic E-state index is 13.0. The highest BCUT2D eigenvalue weighted by Crippen LogP contribution is 2.30. The fourth-order valence-electron chi connectivity index (χ4n) is 3.45. The lowest BCUT2D eigenvalue weighted by molar-refractivity contribution is -0.0458. The molecule has 3 heterocycles. The van der Waals surface area contributed by atoms with Crippen LogP contribution in [0.4, 0.5) is 0 Å². The SMILES string of the molecule is O=c1ccn(C2OC(CCO)C(O)C2O)c(=O)n1Cc1cnc(-c2ccccc2)s1. The van der Waals surface area contributed by atoms with Gasteiger partial charge in [-0.1, -0.05) is 30.3 Å². The van der Waals surface area contributed by atoms with Crippen LogP contribution in [0, 0.1) is 0 Å². The van der Waals surface area contributed by atoms with Crippen LogP contribution in [0.25, 0.3) is 10.6 Å². The van der Waals surface area contributed by atoms with E-state index in [0.717, 1.165) is 24.6 Å². The van der Waals surface area contributed by atoms with E-state index in [9.17, 15) is 19.8 Å². The summed E-state index contributed by atoms with van der Waals surface area (Å²) in [5.41, 5.74) is -0.220. The van der Waals surface area contributed by atoms with Crippen LogP contribution in [-0.2, 0) is 11.3 Å². The average Bonchev–Trinajstić information content (AvgIpc) is 3.33. The maximum absolute atomic E-state index is 13.0. The van der Waals surface area contributed by atoms with E-state index < -0.39 is 35.8 Å². The summed E-state index contributed by atoms with van der Waals surface area (Å²) in [6, 6.07) is 10.8. The molecule has 9 nitrogen and oxygen atoms in total. The summed E-state index contributed by atoms with van der Waals surface area (Å²) in [5.74, 6) is 0. The number of rotatable bonds is 6. The van der Waals surface area contributed by atoms with E-state index in [0.29, 0.717) is 0 Å². The summed E-state index contributed by atoms with van der Waals surface area (Å²) in [5, 5.41) is 30.3. The molecule has 4 rings (SSSR count). The first-order valence-electron chi connectivity index (χ1n) is 9.44. The molecule has 30 heavy (non-hydrogen) atoms. The predicted octanol–water partition coefficient (Wildman–Crippen LogP) is 0.183. The van der Waals surface area contributed by atoms with Gasteiger partial charge < -0.3 is 20.1 Å². The summed E-state index contributed by atoms with van der Waals surface area (Å²) in [4.78, 5) is 30.4. The van der Waals surface area contributed by atoms with Crippen molar-refractivity contribution in [1.82, 2.24) is 14.1 Å². The third-order valence-electron chi connectivity index (χ3n) is 5.01. The van der Waals surface area contributed by atoms with E-state index in [4.69, 9.17) is 9.84 Å². The number of thiazole rings is 1. The topological polar surface area (TPSA) is 127 Å². The monoisotopic (exact) mass is 431 g/mol. The number of benzene rings is 1. The van der Waals surface area contributed by atoms with Crippen molar-refractivity contribution >= 4 is 11.3 Å². The van der Waals surface area contributed by atoms with Crippen LogP contribution in [0.3, 0.4) is 0 Å². The Morgan fingerprint density at radius 3 is 2.60 bits per heavy atom. The molecule has 0 bridgehead atoms. The minimum Gasteiger partial charge on any atom is -0.396 e. The van der Waals surface area contributed by atoms with Gasteiger partial charge in [-0.15, -0.1) is 11.3 Å². The number of hydrogen-bond acceptors (Lipinski definition) is 8. The molecular weight excluding hydrogens is 410 g/mol. The van der Waals surface area contributed by atoms with Gasteiger partial charge in [0.2, 0.25) is 0 Å². The normalized spacial score (nSPS) is 23.7. The van der Waals surface area contributed by atoms with Gasteiger partial charge in [0.05, 0.1) is 12.6 Å². The molecule has 158 valence electrons. The first-order chi connectivity index (χ1) is 14.5. The van der Waals surface area contributed by atoms with Gasteiger partial charge in [-0.2, -0.15) is 0 Å². The van der Waals surface area contributed by atoms with Crippen molar-refractivity contribution in [3.63, 3.8) is 0 Å². The lowest BCUT2D eigenvalue weighted by Crippen LogP contribution is -2.43. The van der Waals surface area contributed by atoms with E-state index in [-0.39, 0.29) is 19.6 Å². The van der Waals surface area contributed by atoms with Gasteiger partial charge in [0, 0.05) is 35.5 Å². The van der Waals surface area contributed by atoms with Gasteiger partial charge in [0.25, 0.3) is 5.56 Å². The van der Waals surface area contributed by atoms with E-state index in [1.807, 2.05) is 30.3 Å². The summed E-state index contributed by atoms with van der Waals surface area (Å²) < 4.78 is 7.70. The number of aromatic nitrogens is 3. The predicted molar refractivity (Wildman–Crippen MR) is 109 cm³/mol. The lowest BCUT2D eigenvalue weighted by Gasteiger charge is -2.18. The number of aliphatic hydroxyl groups is 3. The molecule has 0 radical (unpaired) electrons. The largest absolute Gasteiger partial charge is 0.396 e. The van der Waals surface area contributed by atoms with Gasteiger partial charge in [-0.25, -0.2) is 9.78 Å². The van der Waals surface area contributed by atoms with Crippen molar-refractivity contribution in [3.8, 4) is 10.6 Å². The molecule has 0 saturated carbocycles. The van der Waals surface area contributed by atoms with E-state index >= 15 is 0 Å². The third-order valence-corrected chi connectivity index (χ3v) is 6.04. The Balaban J connectivity index is 1.62. The minimum absolute atomic E-state index is 0.0223. The molecule has 1 aliphatic heterocycles. The van der Waals surface area contributed by atoms with Crippen molar-refractivity contribution in [2.75, 3.05) is 6.61 Å². The molecule has 0 aliphatic carbocycles. The zero-order valence-electron chi connectivity index (χ0n) is 15.9. The standard InChI is InChI=1S/C20H21N3O6S/c24-9-7-14-16(26)17(27)19(29-14)22-8-6-15(25)23(20(22)28)11-13-10-21-18(30-13)12-4-2-1-3-5-12/h1-6,8,10,14,16-17,19,24,26-27H,7,9,11H2. The average molecular weight is 431 g/mol. The molecule has 1 fully saturated rings. The van der Waals surface area contributed by atoms with Crippen LogP contribution in [-0.4, -0.2) is 54.4 Å². The Labute approximate surface area is 175 Å². The molecular formula is C20H21N3O6S. The molecule has 0 amide bonds. The van der Waals surface area contributed by atoms with Crippen molar-refractivity contribution in [2.24, 2.45) is 0 Å². The fraction of sp³-hybridized carbons (Fsp3) is 0.350. The highest BCUT2D eigenvalue weighted by Gasteiger charge is 2.43. The molecule has 10 heteroatoms. The van der Waals surface area contributed by atoms with Gasteiger partial charge in [-0.3, -0.25) is 13.9 Å². The number of aliphatic hydroxyl groups excluding tert-OH is 3. The van der Waals surface area contributed by atoms with Crippen LogP contribution in [0.2, 0.25) is 0 Å². The second-order valence-electron chi connectivity index (χ2n) is 6.99. The fourth-order valence-corrected chi connectivity index (χ4v) is 4.35. The second kappa shape index (κ2) is 8.62. The molecule has 3 N–H and O–H groups in total. The zero-order valence-corrected chi connectivity index (χ0v) is 16.7. The molecule has 4 atom stereocenters. The van der Waals surface area contributed by atoms with Gasteiger partial charge >= 0.3 is 5.69 Å². The van der Waals surface area contributed by atoms with Crippen LogP contribution in [0.15, 0.2) is 58.4 Å². The summed E-state index contributed by atoms with van der Waals surface area (Å²) in [6.07, 6.45) is -1.59. The third kappa shape index (κ3) is 3.87. The Bertz CT molecular complexity index is 1130. The summed E-state index contributed by atoms with van der Waals surface area (Å²) in [7, 11) is 0. The lowest BCUT2D eigenvalue weighted by atomic mass is 10.1. The molecule has 2 aromatic heterocycles. The Morgan fingerprint density at radius 1 is 1.10 bits per heavy atom. The molecule has 1 saturated heterocycles. The second-order valence-corrected chi connectivity index (χ2v) is 8.10. The van der Waals surface area contributed by atoms with Gasteiger partial charge in [0.1, 0.15) is 17.2 Å². The van der Waals surface area contributed by atoms with Crippen molar-refractivity contribution in [3.05, 3.63) is 74.5 Å². The molecule has 1 aliphatic rings. The number of ether oxygens (including phenoxy) is 1. The first kappa shape index (κ1) is 20.6. The van der Waals surface area contributed by atoms with Gasteiger partial charge in [0.15, 0.2) is 6.23 Å².